The van der Waals surface area contributed by atoms with Crippen molar-refractivity contribution in [2.75, 3.05) is 6.54 Å². The summed E-state index contributed by atoms with van der Waals surface area (Å²) in [6.07, 6.45) is 0.634. The van der Waals surface area contributed by atoms with E-state index in [0.717, 1.165) is 5.56 Å². The molecule has 0 aliphatic carbocycles. The molecule has 1 atom stereocenters. The molecular weight excluding hydrogens is 280 g/mol. The van der Waals surface area contributed by atoms with Crippen molar-refractivity contribution in [3.8, 4) is 0 Å². The van der Waals surface area contributed by atoms with Crippen LogP contribution in [0.15, 0.2) is 60.7 Å². The minimum absolute atomic E-state index is 0.360. The second kappa shape index (κ2) is 6.85. The summed E-state index contributed by atoms with van der Waals surface area (Å²) in [5, 5.41) is 14.1. The van der Waals surface area contributed by atoms with Gasteiger partial charge in [-0.25, -0.2) is 0 Å². The molecule has 0 aromatic heterocycles. The Morgan fingerprint density at radius 3 is 2.18 bits per heavy atom. The number of rotatable bonds is 6. The van der Waals surface area contributed by atoms with Crippen molar-refractivity contribution in [2.24, 2.45) is 0 Å². The molecule has 0 heterocycles. The van der Waals surface area contributed by atoms with Crippen LogP contribution in [0.5, 0.6) is 0 Å². The van der Waals surface area contributed by atoms with Crippen molar-refractivity contribution >= 4 is 5.91 Å². The van der Waals surface area contributed by atoms with Crippen LogP contribution in [-0.2, 0) is 16.8 Å². The first-order chi connectivity index (χ1) is 10.5. The first-order valence-electron chi connectivity index (χ1n) is 7.07. The zero-order valence-electron chi connectivity index (χ0n) is 12.4. The van der Waals surface area contributed by atoms with Crippen molar-refractivity contribution in [2.45, 2.75) is 18.9 Å². The predicted molar refractivity (Wildman–Crippen MR) is 83.9 cm³/mol. The van der Waals surface area contributed by atoms with Gasteiger partial charge in [-0.15, -0.1) is 0 Å². The lowest BCUT2D eigenvalue weighted by atomic mass is 9.91. The first kappa shape index (κ1) is 15.7. The number of nitrogens with one attached hydrogen (secondary N) is 1. The lowest BCUT2D eigenvalue weighted by Crippen LogP contribution is -2.48. The molecule has 0 saturated heterocycles. The average Bonchev–Trinajstić information content (AvgIpc) is 2.55. The Morgan fingerprint density at radius 1 is 1.09 bits per heavy atom. The van der Waals surface area contributed by atoms with Crippen LogP contribution < -0.4 is 5.32 Å². The van der Waals surface area contributed by atoms with Crippen molar-refractivity contribution in [3.05, 3.63) is 81.9 Å². The van der Waals surface area contributed by atoms with Crippen LogP contribution in [-0.4, -0.2) is 17.4 Å². The van der Waals surface area contributed by atoms with Gasteiger partial charge >= 0.3 is 11.4 Å². The Morgan fingerprint density at radius 2 is 1.64 bits per heavy atom. The van der Waals surface area contributed by atoms with Gasteiger partial charge in [0, 0.05) is 24.0 Å². The number of amides is 1. The summed E-state index contributed by atoms with van der Waals surface area (Å²) in [7, 11) is 0. The van der Waals surface area contributed by atoms with E-state index in [2.05, 4.69) is 5.32 Å². The first-order valence-corrected chi connectivity index (χ1v) is 7.07. The fourth-order valence-electron chi connectivity index (χ4n) is 2.22. The van der Waals surface area contributed by atoms with Gasteiger partial charge in [-0.2, -0.15) is 0 Å². The molecule has 0 bridgehead atoms. The van der Waals surface area contributed by atoms with Gasteiger partial charge in [-0.05, 0) is 12.0 Å². The Labute approximate surface area is 129 Å². The van der Waals surface area contributed by atoms with Crippen molar-refractivity contribution in [3.63, 3.8) is 0 Å². The molecule has 0 fully saturated rings. The molecule has 22 heavy (non-hydrogen) atoms. The summed E-state index contributed by atoms with van der Waals surface area (Å²) >= 11 is 0. The van der Waals surface area contributed by atoms with Gasteiger partial charge in [0.25, 0.3) is 0 Å². The zero-order chi connectivity index (χ0) is 16.0. The van der Waals surface area contributed by atoms with E-state index in [4.69, 9.17) is 0 Å². The van der Waals surface area contributed by atoms with Crippen LogP contribution in [0.4, 0.5) is 0 Å². The Bertz CT molecular complexity index is 643. The molecule has 2 rings (SSSR count). The maximum Gasteiger partial charge on any atom is 0.320 e. The molecule has 0 aliphatic rings. The topological polar surface area (TPSA) is 72.2 Å². The Balaban J connectivity index is 2.06. The van der Waals surface area contributed by atoms with Crippen LogP contribution in [0.3, 0.4) is 0 Å². The number of nitro groups is 1. The number of carbonyl (C=O) groups excluding carboxylic acids is 1. The molecule has 1 amide bonds. The second-order valence-corrected chi connectivity index (χ2v) is 5.19. The molecular formula is C17H18N2O3. The minimum Gasteiger partial charge on any atom is -0.349 e. The minimum atomic E-state index is -1.78. The SMILES string of the molecule is CC(C(=O)NCCc1ccccc1)(c1ccccc1)[N+](=O)[O-]. The number of hydrogen-bond acceptors (Lipinski definition) is 3. The highest BCUT2D eigenvalue weighted by molar-refractivity contribution is 5.85. The van der Waals surface area contributed by atoms with Gasteiger partial charge < -0.3 is 5.32 Å². The van der Waals surface area contributed by atoms with E-state index >= 15 is 0 Å². The summed E-state index contributed by atoms with van der Waals surface area (Å²) < 4.78 is 0. The summed E-state index contributed by atoms with van der Waals surface area (Å²) in [6.45, 7) is 1.69. The molecule has 0 saturated carbocycles. The normalized spacial score (nSPS) is 13.1. The standard InChI is InChI=1S/C17H18N2O3/c1-17(19(21)22,15-10-6-3-7-11-15)16(20)18-13-12-14-8-4-2-5-9-14/h2-11H,12-13H2,1H3,(H,18,20). The van der Waals surface area contributed by atoms with Crippen LogP contribution in [0.1, 0.15) is 18.1 Å². The summed E-state index contributed by atoms with van der Waals surface area (Å²) in [4.78, 5) is 23.2. The van der Waals surface area contributed by atoms with Gasteiger partial charge in [0.05, 0.1) is 0 Å². The fourth-order valence-corrected chi connectivity index (χ4v) is 2.22. The molecule has 1 unspecified atom stereocenters. The van der Waals surface area contributed by atoms with E-state index in [1.165, 1.54) is 6.92 Å². The van der Waals surface area contributed by atoms with Crippen LogP contribution in [0.25, 0.3) is 0 Å². The summed E-state index contributed by atoms with van der Waals surface area (Å²) in [5.74, 6) is -0.598. The smallest absolute Gasteiger partial charge is 0.320 e. The maximum atomic E-state index is 12.3. The second-order valence-electron chi connectivity index (χ2n) is 5.19. The van der Waals surface area contributed by atoms with Gasteiger partial charge in [0.2, 0.25) is 0 Å². The predicted octanol–water partition coefficient (Wildman–Crippen LogP) is 2.54. The van der Waals surface area contributed by atoms with Crippen molar-refractivity contribution in [1.29, 1.82) is 0 Å². The molecule has 5 nitrogen and oxygen atoms in total. The molecule has 0 radical (unpaired) electrons. The van der Waals surface area contributed by atoms with Gasteiger partial charge in [-0.1, -0.05) is 60.7 Å². The van der Waals surface area contributed by atoms with Gasteiger partial charge in [0.1, 0.15) is 0 Å². The monoisotopic (exact) mass is 298 g/mol. The average molecular weight is 298 g/mol. The van der Waals surface area contributed by atoms with E-state index in [1.807, 2.05) is 30.3 Å². The van der Waals surface area contributed by atoms with Gasteiger partial charge in [-0.3, -0.25) is 14.9 Å². The van der Waals surface area contributed by atoms with E-state index in [-0.39, 0.29) is 0 Å². The summed E-state index contributed by atoms with van der Waals surface area (Å²) in [6, 6.07) is 18.0. The Hall–Kier alpha value is -2.69. The largest absolute Gasteiger partial charge is 0.349 e. The van der Waals surface area contributed by atoms with Crippen LogP contribution in [0, 0.1) is 10.1 Å². The fraction of sp³-hybridized carbons (Fsp3) is 0.235. The Kier molecular flexibility index (Phi) is 4.88. The number of hydrogen-bond donors (Lipinski definition) is 1. The third-order valence-electron chi connectivity index (χ3n) is 3.69. The van der Waals surface area contributed by atoms with E-state index < -0.39 is 16.4 Å². The highest BCUT2D eigenvalue weighted by atomic mass is 16.6. The number of carbonyl (C=O) groups is 1. The molecule has 0 aliphatic heterocycles. The van der Waals surface area contributed by atoms with Crippen molar-refractivity contribution in [1.82, 2.24) is 5.32 Å². The molecule has 114 valence electrons. The third kappa shape index (κ3) is 3.31. The molecule has 1 N–H and O–H groups in total. The summed E-state index contributed by atoms with van der Waals surface area (Å²) in [5.41, 5.74) is -0.333. The molecule has 2 aromatic rings. The quantitative estimate of drug-likeness (QED) is 0.658. The number of nitrogens with zero attached hydrogens (tertiary/aromatic N) is 1. The highest BCUT2D eigenvalue weighted by Crippen LogP contribution is 2.24. The van der Waals surface area contributed by atoms with Crippen LogP contribution in [0.2, 0.25) is 0 Å². The lowest BCUT2D eigenvalue weighted by molar-refractivity contribution is -0.556. The highest BCUT2D eigenvalue weighted by Gasteiger charge is 2.47. The number of benzene rings is 2. The lowest BCUT2D eigenvalue weighted by Gasteiger charge is -2.20. The molecule has 2 aromatic carbocycles. The third-order valence-corrected chi connectivity index (χ3v) is 3.69. The van der Waals surface area contributed by atoms with Gasteiger partial charge in [0.15, 0.2) is 0 Å². The van der Waals surface area contributed by atoms with Crippen LogP contribution >= 0.6 is 0 Å². The zero-order valence-corrected chi connectivity index (χ0v) is 12.4. The van der Waals surface area contributed by atoms with E-state index in [1.54, 1.807) is 30.3 Å². The maximum absolute atomic E-state index is 12.3. The van der Waals surface area contributed by atoms with Crippen molar-refractivity contribution < 1.29 is 9.72 Å². The molecule has 0 spiro atoms. The molecule has 5 heteroatoms. The van der Waals surface area contributed by atoms with E-state index in [0.29, 0.717) is 18.5 Å². The van der Waals surface area contributed by atoms with E-state index in [9.17, 15) is 14.9 Å².